The van der Waals surface area contributed by atoms with Crippen molar-refractivity contribution in [2.45, 2.75) is 111 Å². The summed E-state index contributed by atoms with van der Waals surface area (Å²) in [6.07, 6.45) is 15.4. The van der Waals surface area contributed by atoms with Gasteiger partial charge in [-0.25, -0.2) is 0 Å². The standard InChI is InChI=1S/C21H42N2O2/c1-5-7-9-11-12-14-16-20(15-13-10-8-6-2)17-22-21(25)18(3)23-19(4)24/h18,20H,5-17H2,1-4H3,(H,22,25)(H,23,24)/t18-,20?/m0/s1. The van der Waals surface area contributed by atoms with Gasteiger partial charge in [-0.1, -0.05) is 78.1 Å². The number of hydrogen-bond acceptors (Lipinski definition) is 2. The highest BCUT2D eigenvalue weighted by atomic mass is 16.2. The van der Waals surface area contributed by atoms with Crippen molar-refractivity contribution in [3.8, 4) is 0 Å². The van der Waals surface area contributed by atoms with E-state index in [1.165, 1.54) is 84.0 Å². The van der Waals surface area contributed by atoms with Crippen molar-refractivity contribution >= 4 is 11.8 Å². The van der Waals surface area contributed by atoms with E-state index >= 15 is 0 Å². The minimum atomic E-state index is -0.452. The van der Waals surface area contributed by atoms with Crippen molar-refractivity contribution in [1.29, 1.82) is 0 Å². The first-order valence-corrected chi connectivity index (χ1v) is 10.6. The molecule has 0 saturated carbocycles. The van der Waals surface area contributed by atoms with Gasteiger partial charge in [-0.2, -0.15) is 0 Å². The number of rotatable bonds is 16. The van der Waals surface area contributed by atoms with Gasteiger partial charge in [0.25, 0.3) is 0 Å². The molecule has 0 aliphatic heterocycles. The molecule has 0 spiro atoms. The summed E-state index contributed by atoms with van der Waals surface area (Å²) in [6, 6.07) is -0.452. The third kappa shape index (κ3) is 14.9. The molecular weight excluding hydrogens is 312 g/mol. The largest absolute Gasteiger partial charge is 0.354 e. The molecule has 2 amide bonds. The van der Waals surface area contributed by atoms with E-state index < -0.39 is 6.04 Å². The van der Waals surface area contributed by atoms with Crippen LogP contribution in [0.15, 0.2) is 0 Å². The highest BCUT2D eigenvalue weighted by molar-refractivity contribution is 5.86. The summed E-state index contributed by atoms with van der Waals surface area (Å²) < 4.78 is 0. The van der Waals surface area contributed by atoms with E-state index in [-0.39, 0.29) is 11.8 Å². The molecule has 0 aliphatic rings. The van der Waals surface area contributed by atoms with Crippen molar-refractivity contribution in [3.05, 3.63) is 0 Å². The normalized spacial score (nSPS) is 13.3. The Morgan fingerprint density at radius 1 is 0.800 bits per heavy atom. The molecular formula is C21H42N2O2. The van der Waals surface area contributed by atoms with Crippen LogP contribution in [0, 0.1) is 5.92 Å². The van der Waals surface area contributed by atoms with Gasteiger partial charge < -0.3 is 10.6 Å². The van der Waals surface area contributed by atoms with E-state index in [9.17, 15) is 9.59 Å². The van der Waals surface area contributed by atoms with Crippen molar-refractivity contribution in [2.24, 2.45) is 5.92 Å². The van der Waals surface area contributed by atoms with Gasteiger partial charge in [0.15, 0.2) is 0 Å². The fraction of sp³-hybridized carbons (Fsp3) is 0.905. The molecule has 0 aromatic heterocycles. The Bertz CT molecular complexity index is 345. The number of hydrogen-bond donors (Lipinski definition) is 2. The second-order valence-electron chi connectivity index (χ2n) is 7.44. The molecule has 0 fully saturated rings. The highest BCUT2D eigenvalue weighted by Gasteiger charge is 2.15. The molecule has 2 atom stereocenters. The van der Waals surface area contributed by atoms with E-state index in [1.807, 2.05) is 0 Å². The Morgan fingerprint density at radius 3 is 1.80 bits per heavy atom. The minimum Gasteiger partial charge on any atom is -0.354 e. The van der Waals surface area contributed by atoms with Gasteiger partial charge in [0.2, 0.25) is 11.8 Å². The highest BCUT2D eigenvalue weighted by Crippen LogP contribution is 2.18. The van der Waals surface area contributed by atoms with Gasteiger partial charge in [0.05, 0.1) is 0 Å². The zero-order valence-corrected chi connectivity index (χ0v) is 17.2. The van der Waals surface area contributed by atoms with E-state index in [0.717, 1.165) is 6.54 Å². The van der Waals surface area contributed by atoms with E-state index in [2.05, 4.69) is 24.5 Å². The van der Waals surface area contributed by atoms with Gasteiger partial charge in [0, 0.05) is 13.5 Å². The molecule has 4 nitrogen and oxygen atoms in total. The first kappa shape index (κ1) is 23.9. The average molecular weight is 355 g/mol. The Kier molecular flexibility index (Phi) is 15.7. The lowest BCUT2D eigenvalue weighted by molar-refractivity contribution is -0.127. The number of carbonyl (C=O) groups excluding carboxylic acids is 2. The molecule has 0 radical (unpaired) electrons. The van der Waals surface area contributed by atoms with Crippen LogP contribution in [-0.4, -0.2) is 24.4 Å². The lowest BCUT2D eigenvalue weighted by atomic mass is 9.94. The summed E-state index contributed by atoms with van der Waals surface area (Å²) in [5.41, 5.74) is 0. The Balaban J connectivity index is 4.14. The molecule has 2 N–H and O–H groups in total. The van der Waals surface area contributed by atoms with Gasteiger partial charge >= 0.3 is 0 Å². The lowest BCUT2D eigenvalue weighted by Gasteiger charge is -2.19. The molecule has 1 unspecified atom stereocenters. The first-order chi connectivity index (χ1) is 12.0. The zero-order chi connectivity index (χ0) is 18.9. The maximum atomic E-state index is 12.1. The van der Waals surface area contributed by atoms with Gasteiger partial charge in [-0.05, 0) is 25.7 Å². The maximum Gasteiger partial charge on any atom is 0.242 e. The fourth-order valence-electron chi connectivity index (χ4n) is 3.19. The van der Waals surface area contributed by atoms with Crippen molar-refractivity contribution in [1.82, 2.24) is 10.6 Å². The summed E-state index contributed by atoms with van der Waals surface area (Å²) in [5.74, 6) is 0.332. The topological polar surface area (TPSA) is 58.2 Å². The SMILES string of the molecule is CCCCCCCCC(CCCCCC)CNC(=O)[C@H](C)NC(C)=O. The molecule has 0 heterocycles. The van der Waals surface area contributed by atoms with Gasteiger partial charge in [-0.3, -0.25) is 9.59 Å². The number of nitrogens with one attached hydrogen (secondary N) is 2. The van der Waals surface area contributed by atoms with Gasteiger partial charge in [-0.15, -0.1) is 0 Å². The van der Waals surface area contributed by atoms with E-state index in [0.29, 0.717) is 5.92 Å². The quantitative estimate of drug-likeness (QED) is 0.385. The predicted octanol–water partition coefficient (Wildman–Crippen LogP) is 4.96. The minimum absolute atomic E-state index is 0.0725. The summed E-state index contributed by atoms with van der Waals surface area (Å²) in [5, 5.41) is 5.68. The third-order valence-corrected chi connectivity index (χ3v) is 4.81. The summed E-state index contributed by atoms with van der Waals surface area (Å²) in [7, 11) is 0. The lowest BCUT2D eigenvalue weighted by Crippen LogP contribution is -2.45. The fourth-order valence-corrected chi connectivity index (χ4v) is 3.19. The molecule has 0 aromatic rings. The molecule has 4 heteroatoms. The van der Waals surface area contributed by atoms with Crippen LogP contribution in [0.1, 0.15) is 105 Å². The summed E-state index contributed by atoms with van der Waals surface area (Å²) in [6.45, 7) is 8.40. The second kappa shape index (κ2) is 16.4. The summed E-state index contributed by atoms with van der Waals surface area (Å²) in [4.78, 5) is 23.1. The van der Waals surface area contributed by atoms with E-state index in [4.69, 9.17) is 0 Å². The molecule has 0 saturated heterocycles. The molecule has 25 heavy (non-hydrogen) atoms. The van der Waals surface area contributed by atoms with Crippen molar-refractivity contribution < 1.29 is 9.59 Å². The van der Waals surface area contributed by atoms with Crippen LogP contribution in [0.3, 0.4) is 0 Å². The Morgan fingerprint density at radius 2 is 1.28 bits per heavy atom. The van der Waals surface area contributed by atoms with Crippen LogP contribution >= 0.6 is 0 Å². The average Bonchev–Trinajstić information content (AvgIpc) is 2.57. The molecule has 0 bridgehead atoms. The monoisotopic (exact) mass is 354 g/mol. The van der Waals surface area contributed by atoms with Gasteiger partial charge in [0.1, 0.15) is 6.04 Å². The van der Waals surface area contributed by atoms with Crippen LogP contribution in [0.2, 0.25) is 0 Å². The molecule has 148 valence electrons. The predicted molar refractivity (Wildman–Crippen MR) is 107 cm³/mol. The van der Waals surface area contributed by atoms with Crippen LogP contribution in [0.25, 0.3) is 0 Å². The number of carbonyl (C=O) groups is 2. The zero-order valence-electron chi connectivity index (χ0n) is 17.2. The number of unbranched alkanes of at least 4 members (excludes halogenated alkanes) is 8. The van der Waals surface area contributed by atoms with Crippen molar-refractivity contribution in [2.75, 3.05) is 6.54 Å². The molecule has 0 aromatic carbocycles. The first-order valence-electron chi connectivity index (χ1n) is 10.6. The number of amides is 2. The Hall–Kier alpha value is -1.06. The molecule has 0 rings (SSSR count). The van der Waals surface area contributed by atoms with Crippen LogP contribution < -0.4 is 10.6 Å². The molecule has 0 aliphatic carbocycles. The van der Waals surface area contributed by atoms with Crippen LogP contribution in [0.5, 0.6) is 0 Å². The van der Waals surface area contributed by atoms with Crippen LogP contribution in [0.4, 0.5) is 0 Å². The van der Waals surface area contributed by atoms with Crippen molar-refractivity contribution in [3.63, 3.8) is 0 Å². The Labute approximate surface area is 155 Å². The van der Waals surface area contributed by atoms with Crippen LogP contribution in [-0.2, 0) is 9.59 Å². The second-order valence-corrected chi connectivity index (χ2v) is 7.44. The van der Waals surface area contributed by atoms with E-state index in [1.54, 1.807) is 6.92 Å². The smallest absolute Gasteiger partial charge is 0.242 e. The summed E-state index contributed by atoms with van der Waals surface area (Å²) >= 11 is 0. The third-order valence-electron chi connectivity index (χ3n) is 4.81. The maximum absolute atomic E-state index is 12.1.